The van der Waals surface area contributed by atoms with Crippen LogP contribution >= 0.6 is 0 Å². The van der Waals surface area contributed by atoms with E-state index in [1.807, 2.05) is 42.5 Å². The van der Waals surface area contributed by atoms with Gasteiger partial charge in [0.2, 0.25) is 0 Å². The molecule has 0 aliphatic carbocycles. The highest BCUT2D eigenvalue weighted by Gasteiger charge is 2.22. The lowest BCUT2D eigenvalue weighted by atomic mass is 10.0. The third kappa shape index (κ3) is 3.89. The number of ether oxygens (including phenoxy) is 2. The van der Waals surface area contributed by atoms with Crippen molar-refractivity contribution in [3.8, 4) is 11.5 Å². The van der Waals surface area contributed by atoms with Crippen LogP contribution in [0, 0.1) is 0 Å². The number of hydrogen-bond donors (Lipinski definition) is 0. The maximum Gasteiger partial charge on any atom is 0.196 e. The summed E-state index contributed by atoms with van der Waals surface area (Å²) in [5, 5.41) is 8.55. The van der Waals surface area contributed by atoms with E-state index in [1.54, 1.807) is 42.1 Å². The van der Waals surface area contributed by atoms with Crippen molar-refractivity contribution in [2.45, 2.75) is 26.0 Å². The summed E-state index contributed by atoms with van der Waals surface area (Å²) in [5.74, 6) is 0.974. The average Bonchev–Trinajstić information content (AvgIpc) is 3.23. The predicted molar refractivity (Wildman–Crippen MR) is 115 cm³/mol. The number of fused-ring (bicyclic) bond motifs is 1. The molecule has 0 amide bonds. The second-order valence-corrected chi connectivity index (χ2v) is 6.94. The van der Waals surface area contributed by atoms with E-state index < -0.39 is 6.23 Å². The number of para-hydroxylation sites is 1. The van der Waals surface area contributed by atoms with Crippen molar-refractivity contribution in [3.63, 3.8) is 0 Å². The van der Waals surface area contributed by atoms with Gasteiger partial charge in [-0.3, -0.25) is 4.79 Å². The van der Waals surface area contributed by atoms with Crippen LogP contribution in [0.1, 0.15) is 41.9 Å². The number of aromatic nitrogens is 3. The molecule has 1 unspecified atom stereocenters. The molecule has 0 saturated carbocycles. The maximum atomic E-state index is 13.1. The zero-order valence-electron chi connectivity index (χ0n) is 17.0. The molecule has 1 aromatic heterocycles. The fraction of sp³-hybridized carbons (Fsp3) is 0.208. The van der Waals surface area contributed by atoms with E-state index in [-0.39, 0.29) is 5.78 Å². The fourth-order valence-corrected chi connectivity index (χ4v) is 3.38. The van der Waals surface area contributed by atoms with Gasteiger partial charge in [-0.25, -0.2) is 4.68 Å². The first kappa shape index (κ1) is 19.6. The number of methoxy groups -OCH3 is 1. The van der Waals surface area contributed by atoms with Crippen molar-refractivity contribution < 1.29 is 14.3 Å². The summed E-state index contributed by atoms with van der Waals surface area (Å²) < 4.78 is 13.5. The van der Waals surface area contributed by atoms with Gasteiger partial charge in [0.05, 0.1) is 18.2 Å². The van der Waals surface area contributed by atoms with Crippen molar-refractivity contribution in [1.29, 1.82) is 0 Å². The van der Waals surface area contributed by atoms with E-state index in [0.717, 1.165) is 17.5 Å². The van der Waals surface area contributed by atoms with E-state index >= 15 is 0 Å². The fourth-order valence-electron chi connectivity index (χ4n) is 3.38. The van der Waals surface area contributed by atoms with Gasteiger partial charge in [-0.2, -0.15) is 0 Å². The Kier molecular flexibility index (Phi) is 5.75. The van der Waals surface area contributed by atoms with Gasteiger partial charge in [-0.05, 0) is 24.3 Å². The second kappa shape index (κ2) is 8.78. The van der Waals surface area contributed by atoms with E-state index in [0.29, 0.717) is 29.0 Å². The lowest BCUT2D eigenvalue weighted by Gasteiger charge is -2.21. The highest BCUT2D eigenvalue weighted by atomic mass is 16.5. The largest absolute Gasteiger partial charge is 0.497 e. The zero-order chi connectivity index (χ0) is 20.9. The maximum absolute atomic E-state index is 13.1. The van der Waals surface area contributed by atoms with Crippen molar-refractivity contribution >= 4 is 16.8 Å². The van der Waals surface area contributed by atoms with Crippen LogP contribution in [0.4, 0.5) is 0 Å². The van der Waals surface area contributed by atoms with Crippen LogP contribution in [-0.2, 0) is 0 Å². The van der Waals surface area contributed by atoms with E-state index in [9.17, 15) is 4.79 Å². The Balaban J connectivity index is 1.75. The molecule has 0 N–H and O–H groups in total. The predicted octanol–water partition coefficient (Wildman–Crippen LogP) is 5.05. The van der Waals surface area contributed by atoms with Gasteiger partial charge in [0, 0.05) is 18.1 Å². The lowest BCUT2D eigenvalue weighted by Crippen LogP contribution is -2.19. The van der Waals surface area contributed by atoms with Crippen molar-refractivity contribution in [3.05, 3.63) is 83.9 Å². The Morgan fingerprint density at radius 3 is 2.57 bits per heavy atom. The van der Waals surface area contributed by atoms with E-state index in [2.05, 4.69) is 17.2 Å². The number of ketones is 1. The first-order valence-electron chi connectivity index (χ1n) is 9.95. The van der Waals surface area contributed by atoms with Crippen LogP contribution in [0.2, 0.25) is 0 Å². The Labute approximate surface area is 175 Å². The molecule has 1 heterocycles. The Morgan fingerprint density at radius 1 is 1.03 bits per heavy atom. The molecular formula is C24H23N3O3. The number of rotatable bonds is 8. The molecule has 4 rings (SSSR count). The van der Waals surface area contributed by atoms with Gasteiger partial charge in [0.1, 0.15) is 17.0 Å². The molecule has 0 bridgehead atoms. The summed E-state index contributed by atoms with van der Waals surface area (Å²) in [5.41, 5.74) is 2.77. The Morgan fingerprint density at radius 2 is 1.80 bits per heavy atom. The molecule has 152 valence electrons. The molecule has 3 aromatic carbocycles. The molecule has 0 aliphatic heterocycles. The molecule has 6 heteroatoms. The van der Waals surface area contributed by atoms with Gasteiger partial charge < -0.3 is 9.47 Å². The number of benzene rings is 3. The minimum absolute atomic E-state index is 0.105. The molecule has 0 saturated heterocycles. The van der Waals surface area contributed by atoms with Crippen LogP contribution in [0.5, 0.6) is 11.5 Å². The molecule has 1 atom stereocenters. The van der Waals surface area contributed by atoms with Crippen molar-refractivity contribution in [1.82, 2.24) is 15.0 Å². The number of carbonyl (C=O) groups is 1. The number of nitrogens with zero attached hydrogens (tertiary/aromatic N) is 3. The summed E-state index contributed by atoms with van der Waals surface area (Å²) in [7, 11) is 1.59. The summed E-state index contributed by atoms with van der Waals surface area (Å²) in [6.07, 6.45) is 1.19. The number of carbonyl (C=O) groups excluding carboxylic acids is 1. The van der Waals surface area contributed by atoms with Crippen molar-refractivity contribution in [2.24, 2.45) is 0 Å². The summed E-state index contributed by atoms with van der Waals surface area (Å²) in [6.45, 7) is 2.08. The minimum Gasteiger partial charge on any atom is -0.497 e. The zero-order valence-corrected chi connectivity index (χ0v) is 17.0. The lowest BCUT2D eigenvalue weighted by molar-refractivity contribution is 0.0978. The van der Waals surface area contributed by atoms with Crippen LogP contribution in [0.25, 0.3) is 11.0 Å². The molecular weight excluding hydrogens is 378 g/mol. The summed E-state index contributed by atoms with van der Waals surface area (Å²) in [4.78, 5) is 13.1. The smallest absolute Gasteiger partial charge is 0.196 e. The van der Waals surface area contributed by atoms with Crippen LogP contribution in [0.15, 0.2) is 72.8 Å². The van der Waals surface area contributed by atoms with Gasteiger partial charge in [0.15, 0.2) is 12.0 Å². The second-order valence-electron chi connectivity index (χ2n) is 6.94. The highest BCUT2D eigenvalue weighted by Crippen LogP contribution is 2.31. The highest BCUT2D eigenvalue weighted by molar-refractivity contribution is 6.10. The van der Waals surface area contributed by atoms with Crippen LogP contribution in [-0.4, -0.2) is 27.9 Å². The molecule has 6 nitrogen and oxygen atoms in total. The minimum atomic E-state index is -0.406. The Bertz CT molecular complexity index is 1150. The molecule has 4 aromatic rings. The molecule has 0 spiro atoms. The van der Waals surface area contributed by atoms with Gasteiger partial charge in [0.25, 0.3) is 0 Å². The molecule has 30 heavy (non-hydrogen) atoms. The first-order valence-corrected chi connectivity index (χ1v) is 9.95. The third-order valence-electron chi connectivity index (χ3n) is 4.92. The number of hydrogen-bond acceptors (Lipinski definition) is 5. The molecule has 0 aliphatic rings. The SMILES string of the molecule is CCCC(Oc1cc(OC)ccc1C(=O)c1ccccc1)n1nnc2ccccc21. The van der Waals surface area contributed by atoms with Crippen LogP contribution < -0.4 is 9.47 Å². The average molecular weight is 401 g/mol. The van der Waals surface area contributed by atoms with E-state index in [4.69, 9.17) is 9.47 Å². The van der Waals surface area contributed by atoms with Crippen LogP contribution in [0.3, 0.4) is 0 Å². The van der Waals surface area contributed by atoms with Gasteiger partial charge in [-0.15, -0.1) is 5.10 Å². The van der Waals surface area contributed by atoms with Crippen molar-refractivity contribution in [2.75, 3.05) is 7.11 Å². The summed E-state index contributed by atoms with van der Waals surface area (Å²) >= 11 is 0. The molecule has 0 radical (unpaired) electrons. The molecule has 0 fully saturated rings. The first-order chi connectivity index (χ1) is 14.7. The quantitative estimate of drug-likeness (QED) is 0.387. The Hall–Kier alpha value is -3.67. The third-order valence-corrected chi connectivity index (χ3v) is 4.92. The van der Waals surface area contributed by atoms with E-state index in [1.165, 1.54) is 0 Å². The van der Waals surface area contributed by atoms with Gasteiger partial charge >= 0.3 is 0 Å². The summed E-state index contributed by atoms with van der Waals surface area (Å²) in [6, 6.07) is 22.2. The van der Waals surface area contributed by atoms with Gasteiger partial charge in [-0.1, -0.05) is 61.0 Å². The topological polar surface area (TPSA) is 66.2 Å². The standard InChI is InChI=1S/C24H23N3O3/c1-3-9-23(27-21-13-8-7-12-20(21)25-26-27)30-22-16-18(29-2)14-15-19(22)24(28)17-10-5-4-6-11-17/h4-8,10-16,23H,3,9H2,1-2H3. The normalized spacial score (nSPS) is 11.9. The monoisotopic (exact) mass is 401 g/mol.